The van der Waals surface area contributed by atoms with E-state index in [9.17, 15) is 24.4 Å². The number of nitrogens with zero attached hydrogens (tertiary/aromatic N) is 4. The molecule has 3 saturated heterocycles. The minimum absolute atomic E-state index is 0.00387. The number of carbonyl (C=O) groups excluding carboxylic acids is 4. The van der Waals surface area contributed by atoms with E-state index >= 15 is 0 Å². The second-order valence-electron chi connectivity index (χ2n) is 11.2. The molecular weight excluding hydrogens is 480 g/mol. The van der Waals surface area contributed by atoms with E-state index in [1.54, 1.807) is 17.0 Å². The van der Waals surface area contributed by atoms with Crippen molar-refractivity contribution >= 4 is 29.6 Å². The molecule has 37 heavy (non-hydrogen) atoms. The molecule has 6 atom stereocenters. The summed E-state index contributed by atoms with van der Waals surface area (Å²) in [6.07, 6.45) is 2.94. The van der Waals surface area contributed by atoms with Gasteiger partial charge in [0.2, 0.25) is 17.4 Å². The number of ether oxygens (including phenoxy) is 2. The lowest BCUT2D eigenvalue weighted by Gasteiger charge is -2.44. The summed E-state index contributed by atoms with van der Waals surface area (Å²) < 4.78 is 10.8. The van der Waals surface area contributed by atoms with Crippen LogP contribution in [0.3, 0.4) is 0 Å². The van der Waals surface area contributed by atoms with E-state index in [0.29, 0.717) is 18.0 Å². The Balaban J connectivity index is 1.32. The Morgan fingerprint density at radius 1 is 1.32 bits per heavy atom. The molecule has 4 fully saturated rings. The third-order valence-electron chi connectivity index (χ3n) is 9.30. The number of fused-ring (bicyclic) bond motifs is 2. The molecule has 5 aliphatic rings. The third-order valence-corrected chi connectivity index (χ3v) is 9.30. The molecule has 194 valence electrons. The predicted octanol–water partition coefficient (Wildman–Crippen LogP) is 0.790. The first-order chi connectivity index (χ1) is 17.6. The maximum absolute atomic E-state index is 14.1. The number of pyridine rings is 1. The van der Waals surface area contributed by atoms with E-state index in [-0.39, 0.29) is 30.7 Å². The van der Waals surface area contributed by atoms with Gasteiger partial charge in [-0.25, -0.2) is 9.78 Å². The minimum Gasteiger partial charge on any atom is -0.472 e. The van der Waals surface area contributed by atoms with E-state index in [4.69, 9.17) is 9.47 Å². The van der Waals surface area contributed by atoms with Crippen LogP contribution in [0.1, 0.15) is 39.5 Å². The predicted molar refractivity (Wildman–Crippen MR) is 126 cm³/mol. The lowest BCUT2D eigenvalue weighted by Crippen LogP contribution is -2.59. The average molecular weight is 509 g/mol. The first-order valence-electron chi connectivity index (χ1n) is 12.4. The van der Waals surface area contributed by atoms with E-state index < -0.39 is 46.7 Å². The van der Waals surface area contributed by atoms with Gasteiger partial charge in [-0.3, -0.25) is 14.4 Å². The number of rotatable bonds is 2. The average Bonchev–Trinajstić information content (AvgIpc) is 3.61. The van der Waals surface area contributed by atoms with Crippen LogP contribution in [-0.4, -0.2) is 81.5 Å². The first kappa shape index (κ1) is 23.5. The fourth-order valence-corrected chi connectivity index (χ4v) is 7.39. The van der Waals surface area contributed by atoms with Crippen LogP contribution in [0.4, 0.5) is 10.6 Å². The number of alkyl carbamates (subject to hydrolysis) is 1. The summed E-state index contributed by atoms with van der Waals surface area (Å²) in [6, 6.07) is 2.98. The van der Waals surface area contributed by atoms with Crippen LogP contribution in [0, 0.1) is 22.7 Å². The topological polar surface area (TPSA) is 154 Å². The van der Waals surface area contributed by atoms with Gasteiger partial charge in [0, 0.05) is 18.0 Å². The molecule has 0 aromatic carbocycles. The van der Waals surface area contributed by atoms with Gasteiger partial charge in [-0.2, -0.15) is 5.26 Å². The molecule has 12 nitrogen and oxygen atoms in total. The van der Waals surface area contributed by atoms with Crippen LogP contribution in [0.15, 0.2) is 18.3 Å². The normalized spacial score (nSPS) is 36.5. The van der Waals surface area contributed by atoms with E-state index in [0.717, 1.165) is 12.8 Å². The number of likely N-dealkylation sites (tertiary alicyclic amines) is 1. The molecule has 1 aromatic rings. The molecule has 1 saturated carbocycles. The molecule has 2 spiro atoms. The summed E-state index contributed by atoms with van der Waals surface area (Å²) in [5, 5.41) is 15.4. The Hall–Kier alpha value is -3.88. The largest absolute Gasteiger partial charge is 0.472 e. The Morgan fingerprint density at radius 3 is 2.84 bits per heavy atom. The fraction of sp³-hybridized carbons (Fsp3) is 0.600. The van der Waals surface area contributed by atoms with E-state index in [1.807, 2.05) is 13.8 Å². The standard InChI is InChI=1S/C25H28N6O6/c1-23(2)17(28-22(35)36-3)20(33)31-16(13-6-7-25(23,31)9-13)19(32)30-12-24(10-14(30)11-26)21(34)29-18-15(37-24)5-4-8-27-18/h4-5,8,13-14,16-17H,6-7,9-10,12H2,1-3H3,(H,28,35)(H,27,29,34)/t13-,14-,16-,17+,24+,25+/m0/s1. The molecule has 5 heterocycles. The Kier molecular flexibility index (Phi) is 4.81. The molecule has 12 heteroatoms. The van der Waals surface area contributed by atoms with Gasteiger partial charge in [0.25, 0.3) is 5.91 Å². The zero-order valence-electron chi connectivity index (χ0n) is 20.8. The number of hydrogen-bond acceptors (Lipinski definition) is 8. The van der Waals surface area contributed by atoms with E-state index in [2.05, 4.69) is 21.7 Å². The summed E-state index contributed by atoms with van der Waals surface area (Å²) in [6.45, 7) is 3.76. The van der Waals surface area contributed by atoms with Gasteiger partial charge in [0.1, 0.15) is 18.1 Å². The minimum atomic E-state index is -1.43. The monoisotopic (exact) mass is 508 g/mol. The summed E-state index contributed by atoms with van der Waals surface area (Å²) in [7, 11) is 1.24. The number of aromatic nitrogens is 1. The SMILES string of the molecule is COC(=O)N[C@@H]1C(=O)N2[C@H](C(=O)N3C[C@@]4(C[C@H]3C#N)Oc3cccnc3NC4=O)[C@H]3CC[C@@]2(C3)C1(C)C. The van der Waals surface area contributed by atoms with Crippen molar-refractivity contribution in [2.24, 2.45) is 11.3 Å². The highest BCUT2D eigenvalue weighted by molar-refractivity contribution is 6.02. The van der Waals surface area contributed by atoms with E-state index in [1.165, 1.54) is 18.2 Å². The zero-order valence-corrected chi connectivity index (χ0v) is 20.8. The lowest BCUT2D eigenvalue weighted by atomic mass is 9.70. The van der Waals surface area contributed by atoms with Gasteiger partial charge >= 0.3 is 6.09 Å². The van der Waals surface area contributed by atoms with Gasteiger partial charge in [-0.1, -0.05) is 13.8 Å². The maximum Gasteiger partial charge on any atom is 0.407 e. The van der Waals surface area contributed by atoms with Crippen molar-refractivity contribution in [1.82, 2.24) is 20.1 Å². The van der Waals surface area contributed by atoms with Gasteiger partial charge in [-0.15, -0.1) is 0 Å². The van der Waals surface area contributed by atoms with Gasteiger partial charge in [0.05, 0.1) is 25.3 Å². The molecule has 1 aromatic heterocycles. The van der Waals surface area contributed by atoms with Crippen molar-refractivity contribution in [1.29, 1.82) is 5.26 Å². The molecule has 2 bridgehead atoms. The number of methoxy groups -OCH3 is 1. The number of nitrogens with one attached hydrogen (secondary N) is 2. The molecule has 4 aliphatic heterocycles. The third kappa shape index (κ3) is 2.91. The molecule has 6 rings (SSSR count). The van der Waals surface area contributed by atoms with Crippen LogP contribution in [0.25, 0.3) is 0 Å². The Labute approximate surface area is 213 Å². The second-order valence-corrected chi connectivity index (χ2v) is 11.2. The molecular formula is C25H28N6O6. The lowest BCUT2D eigenvalue weighted by molar-refractivity contribution is -0.149. The molecule has 2 N–H and O–H groups in total. The summed E-state index contributed by atoms with van der Waals surface area (Å²) in [5.74, 6) is -0.562. The second kappa shape index (κ2) is 7.57. The molecule has 0 radical (unpaired) electrons. The number of hydrogen-bond donors (Lipinski definition) is 2. The van der Waals surface area contributed by atoms with Crippen molar-refractivity contribution in [3.8, 4) is 11.8 Å². The van der Waals surface area contributed by atoms with Crippen molar-refractivity contribution in [3.63, 3.8) is 0 Å². The molecule has 1 aliphatic carbocycles. The van der Waals surface area contributed by atoms with Crippen molar-refractivity contribution in [3.05, 3.63) is 18.3 Å². The Morgan fingerprint density at radius 2 is 2.11 bits per heavy atom. The highest BCUT2D eigenvalue weighted by Gasteiger charge is 2.74. The highest BCUT2D eigenvalue weighted by atomic mass is 16.5. The van der Waals surface area contributed by atoms with Gasteiger partial charge in [-0.05, 0) is 37.3 Å². The Bertz CT molecular complexity index is 1280. The summed E-state index contributed by atoms with van der Waals surface area (Å²) in [5.41, 5.74) is -2.67. The van der Waals surface area contributed by atoms with Crippen molar-refractivity contribution < 1.29 is 28.7 Å². The highest BCUT2D eigenvalue weighted by Crippen LogP contribution is 2.63. The van der Waals surface area contributed by atoms with Crippen LogP contribution < -0.4 is 15.4 Å². The summed E-state index contributed by atoms with van der Waals surface area (Å²) in [4.78, 5) is 60.2. The number of amides is 4. The van der Waals surface area contributed by atoms with Crippen molar-refractivity contribution in [2.75, 3.05) is 19.0 Å². The molecule has 0 unspecified atom stereocenters. The van der Waals surface area contributed by atoms with Crippen LogP contribution in [0.5, 0.6) is 5.75 Å². The maximum atomic E-state index is 14.1. The zero-order chi connectivity index (χ0) is 26.3. The van der Waals surface area contributed by atoms with Crippen LogP contribution in [0.2, 0.25) is 0 Å². The summed E-state index contributed by atoms with van der Waals surface area (Å²) >= 11 is 0. The quantitative estimate of drug-likeness (QED) is 0.594. The number of anilines is 1. The fourth-order valence-electron chi connectivity index (χ4n) is 7.39. The first-order valence-corrected chi connectivity index (χ1v) is 12.4. The molecule has 4 amide bonds. The number of piperidine rings is 1. The van der Waals surface area contributed by atoms with Gasteiger partial charge < -0.3 is 29.9 Å². The van der Waals surface area contributed by atoms with Crippen LogP contribution >= 0.6 is 0 Å². The number of carbonyl (C=O) groups is 4. The van der Waals surface area contributed by atoms with Gasteiger partial charge in [0.15, 0.2) is 11.6 Å². The number of nitriles is 1. The van der Waals surface area contributed by atoms with Crippen LogP contribution in [-0.2, 0) is 19.1 Å². The smallest absolute Gasteiger partial charge is 0.407 e. The van der Waals surface area contributed by atoms with Crippen molar-refractivity contribution in [2.45, 2.75) is 68.8 Å².